The van der Waals surface area contributed by atoms with Crippen molar-refractivity contribution in [2.75, 3.05) is 5.75 Å². The topological polar surface area (TPSA) is 63.3 Å². The summed E-state index contributed by atoms with van der Waals surface area (Å²) in [4.78, 5) is 14.6. The average molecular weight is 272 g/mol. The predicted molar refractivity (Wildman–Crippen MR) is 67.6 cm³/mol. The van der Waals surface area contributed by atoms with E-state index in [0.717, 1.165) is 5.56 Å². The number of nitrogens with zero attached hydrogens (tertiary/aromatic N) is 1. The lowest BCUT2D eigenvalue weighted by atomic mass is 10.2. The smallest absolute Gasteiger partial charge is 0.313 e. The highest BCUT2D eigenvalue weighted by molar-refractivity contribution is 7.99. The average Bonchev–Trinajstić information content (AvgIpc) is 2.60. The van der Waals surface area contributed by atoms with E-state index in [4.69, 9.17) is 21.1 Å². The second kappa shape index (κ2) is 4.98. The summed E-state index contributed by atoms with van der Waals surface area (Å²) >= 11 is 7.17. The van der Waals surface area contributed by atoms with Crippen LogP contribution in [0.5, 0.6) is 0 Å². The zero-order chi connectivity index (χ0) is 12.4. The van der Waals surface area contributed by atoms with Crippen molar-refractivity contribution in [1.82, 2.24) is 4.98 Å². The molecule has 90 valence electrons. The molecule has 0 saturated heterocycles. The number of aromatic nitrogens is 1. The molecule has 0 aliphatic carbocycles. The van der Waals surface area contributed by atoms with Gasteiger partial charge in [-0.2, -0.15) is 0 Å². The summed E-state index contributed by atoms with van der Waals surface area (Å²) in [5.41, 5.74) is 2.34. The summed E-state index contributed by atoms with van der Waals surface area (Å²) in [6, 6.07) is 3.54. The molecule has 0 saturated carbocycles. The lowest BCUT2D eigenvalue weighted by Crippen LogP contribution is -1.98. The number of carbonyl (C=O) groups is 1. The molecule has 0 radical (unpaired) electrons. The third kappa shape index (κ3) is 2.92. The number of halogens is 1. The Labute approximate surface area is 107 Å². The van der Waals surface area contributed by atoms with Gasteiger partial charge >= 0.3 is 5.97 Å². The monoisotopic (exact) mass is 271 g/mol. The minimum Gasteiger partial charge on any atom is -0.481 e. The van der Waals surface area contributed by atoms with Crippen molar-refractivity contribution in [1.29, 1.82) is 0 Å². The molecule has 0 fully saturated rings. The van der Waals surface area contributed by atoms with Gasteiger partial charge in [-0.15, -0.1) is 11.8 Å². The normalized spacial score (nSPS) is 10.9. The summed E-state index contributed by atoms with van der Waals surface area (Å²) in [5.74, 6) is 0.165. The Kier molecular flexibility index (Phi) is 3.59. The number of aliphatic carboxylic acids is 1. The van der Waals surface area contributed by atoms with E-state index >= 15 is 0 Å². The zero-order valence-electron chi connectivity index (χ0n) is 9.07. The lowest BCUT2D eigenvalue weighted by molar-refractivity contribution is -0.133. The van der Waals surface area contributed by atoms with Gasteiger partial charge in [-0.25, -0.2) is 4.98 Å². The molecule has 1 aromatic carbocycles. The molecule has 1 heterocycles. The van der Waals surface area contributed by atoms with Crippen LogP contribution in [0.1, 0.15) is 11.5 Å². The van der Waals surface area contributed by atoms with Crippen molar-refractivity contribution in [3.63, 3.8) is 0 Å². The first kappa shape index (κ1) is 12.3. The van der Waals surface area contributed by atoms with Crippen LogP contribution in [0.3, 0.4) is 0 Å². The van der Waals surface area contributed by atoms with E-state index in [-0.39, 0.29) is 5.75 Å². The molecule has 17 heavy (non-hydrogen) atoms. The largest absolute Gasteiger partial charge is 0.481 e. The number of fused-ring (bicyclic) bond motifs is 1. The highest BCUT2D eigenvalue weighted by atomic mass is 35.5. The predicted octanol–water partition coefficient (Wildman–Crippen LogP) is 3.11. The Morgan fingerprint density at radius 3 is 3.06 bits per heavy atom. The summed E-state index contributed by atoms with van der Waals surface area (Å²) in [6.45, 7) is 1.90. The SMILES string of the molecule is Cc1cc(Cl)cc2nc(CSCC(=O)O)oc12. The first-order valence-corrected chi connectivity index (χ1v) is 6.44. The molecular weight excluding hydrogens is 262 g/mol. The number of oxazole rings is 1. The van der Waals surface area contributed by atoms with Crippen molar-refractivity contribution in [2.45, 2.75) is 12.7 Å². The van der Waals surface area contributed by atoms with Crippen LogP contribution < -0.4 is 0 Å². The molecular formula is C11H10ClNO3S. The van der Waals surface area contributed by atoms with Crippen LogP contribution in [0.25, 0.3) is 11.1 Å². The van der Waals surface area contributed by atoms with Gasteiger partial charge in [0.15, 0.2) is 5.58 Å². The number of aryl methyl sites for hydroxylation is 1. The van der Waals surface area contributed by atoms with Crippen molar-refractivity contribution in [2.24, 2.45) is 0 Å². The number of rotatable bonds is 4. The fourth-order valence-corrected chi connectivity index (χ4v) is 2.33. The van der Waals surface area contributed by atoms with Gasteiger partial charge in [0.2, 0.25) is 5.89 Å². The van der Waals surface area contributed by atoms with Gasteiger partial charge in [0.1, 0.15) is 5.52 Å². The van der Waals surface area contributed by atoms with E-state index in [1.54, 1.807) is 6.07 Å². The van der Waals surface area contributed by atoms with Crippen molar-refractivity contribution < 1.29 is 14.3 Å². The molecule has 1 aromatic heterocycles. The second-order valence-electron chi connectivity index (χ2n) is 3.57. The van der Waals surface area contributed by atoms with Crippen LogP contribution in [0, 0.1) is 6.92 Å². The van der Waals surface area contributed by atoms with E-state index in [9.17, 15) is 4.79 Å². The highest BCUT2D eigenvalue weighted by Crippen LogP contribution is 2.25. The van der Waals surface area contributed by atoms with E-state index in [0.29, 0.717) is 27.8 Å². The van der Waals surface area contributed by atoms with E-state index in [2.05, 4.69) is 4.98 Å². The Balaban J connectivity index is 2.20. The van der Waals surface area contributed by atoms with Crippen LogP contribution in [0.2, 0.25) is 5.02 Å². The Bertz CT molecular complexity index is 567. The minimum absolute atomic E-state index is 0.0401. The van der Waals surface area contributed by atoms with Crippen LogP contribution in [0.4, 0.5) is 0 Å². The number of carboxylic acids is 1. The Morgan fingerprint density at radius 1 is 1.59 bits per heavy atom. The van der Waals surface area contributed by atoms with Crippen LogP contribution in [-0.4, -0.2) is 21.8 Å². The van der Waals surface area contributed by atoms with Gasteiger partial charge in [-0.05, 0) is 24.6 Å². The van der Waals surface area contributed by atoms with Crippen LogP contribution in [-0.2, 0) is 10.5 Å². The summed E-state index contributed by atoms with van der Waals surface area (Å²) in [7, 11) is 0. The maximum absolute atomic E-state index is 10.4. The maximum atomic E-state index is 10.4. The standard InChI is InChI=1S/C11H10ClNO3S/c1-6-2-7(12)3-8-11(6)16-9(13-8)4-17-5-10(14)15/h2-3H,4-5H2,1H3,(H,14,15). The van der Waals surface area contributed by atoms with Gasteiger partial charge in [-0.3, -0.25) is 4.79 Å². The molecule has 0 aliphatic heterocycles. The summed E-state index contributed by atoms with van der Waals surface area (Å²) in [6.07, 6.45) is 0. The molecule has 6 heteroatoms. The molecule has 0 spiro atoms. The number of benzene rings is 1. The maximum Gasteiger partial charge on any atom is 0.313 e. The second-order valence-corrected chi connectivity index (χ2v) is 4.99. The highest BCUT2D eigenvalue weighted by Gasteiger charge is 2.09. The van der Waals surface area contributed by atoms with Gasteiger partial charge in [0.05, 0.1) is 11.5 Å². The first-order chi connectivity index (χ1) is 8.06. The number of carboxylic acid groups (broad SMARTS) is 1. The number of hydrogen-bond acceptors (Lipinski definition) is 4. The number of hydrogen-bond donors (Lipinski definition) is 1. The molecule has 2 rings (SSSR count). The van der Waals surface area contributed by atoms with Crippen molar-refractivity contribution >= 4 is 40.4 Å². The lowest BCUT2D eigenvalue weighted by Gasteiger charge is -1.94. The van der Waals surface area contributed by atoms with Gasteiger partial charge in [0.25, 0.3) is 0 Å². The Hall–Kier alpha value is -1.20. The first-order valence-electron chi connectivity index (χ1n) is 4.91. The zero-order valence-corrected chi connectivity index (χ0v) is 10.6. The fourth-order valence-electron chi connectivity index (χ4n) is 1.49. The third-order valence-corrected chi connectivity index (χ3v) is 3.26. The molecule has 0 amide bonds. The molecule has 0 atom stereocenters. The quantitative estimate of drug-likeness (QED) is 0.926. The molecule has 1 N–H and O–H groups in total. The Morgan fingerprint density at radius 2 is 2.35 bits per heavy atom. The molecule has 4 nitrogen and oxygen atoms in total. The van der Waals surface area contributed by atoms with E-state index in [1.807, 2.05) is 13.0 Å². The van der Waals surface area contributed by atoms with Gasteiger partial charge in [-0.1, -0.05) is 11.6 Å². The third-order valence-electron chi connectivity index (χ3n) is 2.14. The van der Waals surface area contributed by atoms with Crippen molar-refractivity contribution in [3.8, 4) is 0 Å². The molecule has 2 aromatic rings. The van der Waals surface area contributed by atoms with Crippen molar-refractivity contribution in [3.05, 3.63) is 28.6 Å². The summed E-state index contributed by atoms with van der Waals surface area (Å²) < 4.78 is 5.55. The van der Waals surface area contributed by atoms with E-state index < -0.39 is 5.97 Å². The molecule has 0 aliphatic rings. The van der Waals surface area contributed by atoms with Crippen LogP contribution >= 0.6 is 23.4 Å². The van der Waals surface area contributed by atoms with E-state index in [1.165, 1.54) is 11.8 Å². The molecule has 0 unspecified atom stereocenters. The fraction of sp³-hybridized carbons (Fsp3) is 0.273. The summed E-state index contributed by atoms with van der Waals surface area (Å²) in [5, 5.41) is 9.14. The molecule has 0 bridgehead atoms. The van der Waals surface area contributed by atoms with Gasteiger partial charge < -0.3 is 9.52 Å². The van der Waals surface area contributed by atoms with Crippen LogP contribution in [0.15, 0.2) is 16.5 Å². The number of thioether (sulfide) groups is 1. The minimum atomic E-state index is -0.842. The van der Waals surface area contributed by atoms with Gasteiger partial charge in [0, 0.05) is 5.02 Å².